The Kier molecular flexibility index (Phi) is 3.73. The van der Waals surface area contributed by atoms with Gasteiger partial charge >= 0.3 is 6.98 Å². The third-order valence-corrected chi connectivity index (χ3v) is 3.58. The summed E-state index contributed by atoms with van der Waals surface area (Å²) >= 11 is 0. The maximum absolute atomic E-state index is 4.25. The minimum absolute atomic E-state index is 0.342. The summed E-state index contributed by atoms with van der Waals surface area (Å²) in [6.07, 6.45) is 2.72. The highest BCUT2D eigenvalue weighted by Gasteiger charge is 2.39. The SMILES string of the molecule is CCCN1B(C)N(C)CN(c2ncn[nH]2)B1C. The summed E-state index contributed by atoms with van der Waals surface area (Å²) in [4.78, 5) is 8.81. The quantitative estimate of drug-likeness (QED) is 0.770. The minimum atomic E-state index is 0.342. The molecule has 1 aliphatic heterocycles. The molecule has 1 saturated heterocycles. The van der Waals surface area contributed by atoms with Crippen LogP contribution in [-0.2, 0) is 0 Å². The van der Waals surface area contributed by atoms with Crippen LogP contribution in [0.1, 0.15) is 13.3 Å². The van der Waals surface area contributed by atoms with E-state index in [1.54, 1.807) is 6.33 Å². The van der Waals surface area contributed by atoms with E-state index in [0.717, 1.165) is 25.6 Å². The lowest BCUT2D eigenvalue weighted by molar-refractivity contribution is 0.438. The number of H-pyrrole nitrogens is 1. The van der Waals surface area contributed by atoms with Crippen LogP contribution < -0.4 is 4.81 Å². The Morgan fingerprint density at radius 3 is 2.76 bits per heavy atom. The molecule has 0 amide bonds. The highest BCUT2D eigenvalue weighted by molar-refractivity contribution is 6.73. The summed E-state index contributed by atoms with van der Waals surface area (Å²) in [7, 11) is 2.14. The van der Waals surface area contributed by atoms with Gasteiger partial charge in [-0.15, -0.1) is 0 Å². The van der Waals surface area contributed by atoms with Crippen LogP contribution in [0, 0.1) is 0 Å². The molecular formula is C9H20B2N6. The number of hydrogen-bond acceptors (Lipinski definition) is 5. The van der Waals surface area contributed by atoms with Gasteiger partial charge in [0.15, 0.2) is 0 Å². The standard InChI is InChI=1S/C9H20B2N6/c1-5-6-17-10(2)15(4)8-16(11(17)3)9-12-7-13-14-9/h7H,5-6,8H2,1-4H3,(H,12,13,14). The molecule has 6 nitrogen and oxygen atoms in total. The maximum Gasteiger partial charge on any atom is 0.332 e. The zero-order chi connectivity index (χ0) is 12.4. The lowest BCUT2D eigenvalue weighted by atomic mass is 9.58. The van der Waals surface area contributed by atoms with Gasteiger partial charge in [-0.1, -0.05) is 20.6 Å². The molecule has 0 atom stereocenters. The topological polar surface area (TPSA) is 51.3 Å². The lowest BCUT2D eigenvalue weighted by Crippen LogP contribution is -2.69. The first-order valence-electron chi connectivity index (χ1n) is 6.23. The van der Waals surface area contributed by atoms with E-state index in [4.69, 9.17) is 0 Å². The Labute approximate surface area is 104 Å². The van der Waals surface area contributed by atoms with Crippen LogP contribution in [0.2, 0.25) is 13.6 Å². The van der Waals surface area contributed by atoms with Gasteiger partial charge in [-0.3, -0.25) is 0 Å². The molecule has 2 rings (SSSR count). The summed E-state index contributed by atoms with van der Waals surface area (Å²) in [6, 6.07) is 0. The van der Waals surface area contributed by atoms with Crippen molar-refractivity contribution in [1.82, 2.24) is 24.7 Å². The highest BCUT2D eigenvalue weighted by Crippen LogP contribution is 2.18. The fourth-order valence-corrected chi connectivity index (χ4v) is 2.43. The van der Waals surface area contributed by atoms with E-state index in [9.17, 15) is 0 Å². The van der Waals surface area contributed by atoms with Crippen molar-refractivity contribution in [1.29, 1.82) is 0 Å². The first kappa shape index (κ1) is 12.4. The monoisotopic (exact) mass is 234 g/mol. The fraction of sp³-hybridized carbons (Fsp3) is 0.778. The highest BCUT2D eigenvalue weighted by atomic mass is 15.4. The molecule has 0 aliphatic carbocycles. The number of anilines is 1. The number of rotatable bonds is 3. The van der Waals surface area contributed by atoms with Crippen molar-refractivity contribution < 1.29 is 0 Å². The van der Waals surface area contributed by atoms with Crippen LogP contribution in [0.25, 0.3) is 0 Å². The van der Waals surface area contributed by atoms with Gasteiger partial charge in [0.25, 0.3) is 6.98 Å². The second kappa shape index (κ2) is 5.10. The largest absolute Gasteiger partial charge is 0.359 e. The number of aromatic amines is 1. The number of hydrogen-bond donors (Lipinski definition) is 1. The van der Waals surface area contributed by atoms with E-state index in [-0.39, 0.29) is 0 Å². The summed E-state index contributed by atoms with van der Waals surface area (Å²) < 4.78 is 2.48. The molecule has 17 heavy (non-hydrogen) atoms. The van der Waals surface area contributed by atoms with E-state index in [2.05, 4.69) is 57.1 Å². The Morgan fingerprint density at radius 1 is 1.41 bits per heavy atom. The average molecular weight is 234 g/mol. The van der Waals surface area contributed by atoms with Crippen molar-refractivity contribution in [2.24, 2.45) is 0 Å². The van der Waals surface area contributed by atoms with Crippen molar-refractivity contribution in [3.63, 3.8) is 0 Å². The van der Waals surface area contributed by atoms with Gasteiger partial charge in [0, 0.05) is 0 Å². The molecule has 1 aromatic rings. The molecule has 0 unspecified atom stereocenters. The van der Waals surface area contributed by atoms with E-state index in [0.29, 0.717) is 14.0 Å². The number of nitrogens with one attached hydrogen (secondary N) is 1. The molecule has 8 heteroatoms. The smallest absolute Gasteiger partial charge is 0.332 e. The molecular weight excluding hydrogens is 214 g/mol. The van der Waals surface area contributed by atoms with Crippen LogP contribution in [0.5, 0.6) is 0 Å². The molecule has 0 bridgehead atoms. The Balaban J connectivity index is 2.18. The molecule has 1 N–H and O–H groups in total. The first-order valence-corrected chi connectivity index (χ1v) is 6.23. The molecule has 0 aromatic carbocycles. The zero-order valence-corrected chi connectivity index (χ0v) is 11.1. The van der Waals surface area contributed by atoms with Gasteiger partial charge in [-0.2, -0.15) is 5.10 Å². The van der Waals surface area contributed by atoms with Crippen molar-refractivity contribution in [2.45, 2.75) is 27.0 Å². The summed E-state index contributed by atoms with van der Waals surface area (Å²) in [5, 5.41) is 6.88. The van der Waals surface area contributed by atoms with Crippen molar-refractivity contribution in [3.8, 4) is 0 Å². The van der Waals surface area contributed by atoms with E-state index in [1.165, 1.54) is 0 Å². The Morgan fingerprint density at radius 2 is 2.18 bits per heavy atom. The van der Waals surface area contributed by atoms with Gasteiger partial charge in [0.2, 0.25) is 5.95 Å². The molecule has 92 valence electrons. The molecule has 2 heterocycles. The summed E-state index contributed by atoms with van der Waals surface area (Å²) in [6.45, 7) is 9.46. The molecule has 0 saturated carbocycles. The van der Waals surface area contributed by atoms with Gasteiger partial charge in [0.05, 0.1) is 6.67 Å². The molecule has 1 aromatic heterocycles. The van der Waals surface area contributed by atoms with Gasteiger partial charge in [0.1, 0.15) is 6.33 Å². The van der Waals surface area contributed by atoms with Crippen molar-refractivity contribution >= 4 is 19.9 Å². The number of nitrogens with zero attached hydrogens (tertiary/aromatic N) is 5. The van der Waals surface area contributed by atoms with Crippen molar-refractivity contribution in [3.05, 3.63) is 6.33 Å². The van der Waals surface area contributed by atoms with Crippen LogP contribution in [-0.4, -0.2) is 58.9 Å². The summed E-state index contributed by atoms with van der Waals surface area (Å²) in [5.41, 5.74) is 0. The van der Waals surface area contributed by atoms with E-state index >= 15 is 0 Å². The third kappa shape index (κ3) is 2.32. The third-order valence-electron chi connectivity index (χ3n) is 3.58. The zero-order valence-electron chi connectivity index (χ0n) is 11.1. The van der Waals surface area contributed by atoms with Gasteiger partial charge in [-0.05, 0) is 20.0 Å². The van der Waals surface area contributed by atoms with Gasteiger partial charge in [-0.25, -0.2) is 10.1 Å². The maximum atomic E-state index is 4.25. The second-order valence-electron chi connectivity index (χ2n) is 4.68. The molecule has 1 fully saturated rings. The van der Waals surface area contributed by atoms with Crippen LogP contribution in [0.4, 0.5) is 5.95 Å². The lowest BCUT2D eigenvalue weighted by Gasteiger charge is -2.47. The normalized spacial score (nSPS) is 19.2. The number of aromatic nitrogens is 3. The van der Waals surface area contributed by atoms with E-state index in [1.807, 2.05) is 0 Å². The van der Waals surface area contributed by atoms with Gasteiger partial charge < -0.3 is 14.3 Å². The van der Waals surface area contributed by atoms with Crippen LogP contribution >= 0.6 is 0 Å². The van der Waals surface area contributed by atoms with Crippen LogP contribution in [0.3, 0.4) is 0 Å². The fourth-order valence-electron chi connectivity index (χ4n) is 2.43. The van der Waals surface area contributed by atoms with Crippen molar-refractivity contribution in [2.75, 3.05) is 25.1 Å². The molecule has 0 radical (unpaired) electrons. The Bertz CT molecular complexity index is 345. The average Bonchev–Trinajstić information content (AvgIpc) is 2.83. The predicted octanol–water partition coefficient (Wildman–Crippen LogP) is 0.462. The first-order chi connectivity index (χ1) is 8.15. The minimum Gasteiger partial charge on any atom is -0.359 e. The molecule has 0 spiro atoms. The summed E-state index contributed by atoms with van der Waals surface area (Å²) in [5.74, 6) is 0.845. The Hall–Kier alpha value is -1.01. The second-order valence-corrected chi connectivity index (χ2v) is 4.68. The van der Waals surface area contributed by atoms with E-state index < -0.39 is 0 Å². The predicted molar refractivity (Wildman–Crippen MR) is 71.7 cm³/mol. The molecule has 1 aliphatic rings. The van der Waals surface area contributed by atoms with Crippen LogP contribution in [0.15, 0.2) is 6.33 Å².